The number of fused-ring (bicyclic) bond motifs is 2. The zero-order valence-corrected chi connectivity index (χ0v) is 14.1. The predicted octanol–water partition coefficient (Wildman–Crippen LogP) is 1.65. The highest BCUT2D eigenvalue weighted by molar-refractivity contribution is 5.91. The summed E-state index contributed by atoms with van der Waals surface area (Å²) in [4.78, 5) is 24.3. The fourth-order valence-electron chi connectivity index (χ4n) is 4.40. The average molecular weight is 330 g/mol. The van der Waals surface area contributed by atoms with Crippen LogP contribution in [0.3, 0.4) is 0 Å². The molecular weight excluding hydrogens is 302 g/mol. The van der Waals surface area contributed by atoms with Crippen molar-refractivity contribution in [1.82, 2.24) is 16.0 Å². The molecule has 3 fully saturated rings. The lowest BCUT2D eigenvalue weighted by molar-refractivity contribution is -0.135. The second-order valence-corrected chi connectivity index (χ2v) is 7.10. The molecule has 0 aromatic carbocycles. The first-order chi connectivity index (χ1) is 10.1. The first-order valence-corrected chi connectivity index (χ1v) is 8.43. The highest BCUT2D eigenvalue weighted by Gasteiger charge is 2.42. The topological polar surface area (TPSA) is 70.2 Å². The van der Waals surface area contributed by atoms with Crippen molar-refractivity contribution in [2.45, 2.75) is 88.4 Å². The molecule has 0 aromatic rings. The van der Waals surface area contributed by atoms with E-state index < -0.39 is 5.54 Å². The molecule has 2 atom stereocenters. The molecule has 0 aromatic heterocycles. The van der Waals surface area contributed by atoms with E-state index in [0.29, 0.717) is 12.1 Å². The Morgan fingerprint density at radius 3 is 2.18 bits per heavy atom. The van der Waals surface area contributed by atoms with Gasteiger partial charge >= 0.3 is 0 Å². The molecule has 22 heavy (non-hydrogen) atoms. The molecule has 3 N–H and O–H groups in total. The summed E-state index contributed by atoms with van der Waals surface area (Å²) in [6.07, 6.45) is 9.26. The molecule has 2 aliphatic heterocycles. The number of carbonyl (C=O) groups excluding carboxylic acids is 2. The van der Waals surface area contributed by atoms with Gasteiger partial charge in [0.05, 0.1) is 0 Å². The van der Waals surface area contributed by atoms with Gasteiger partial charge in [0.15, 0.2) is 0 Å². The molecule has 1 aliphatic carbocycles. The number of nitrogens with one attached hydrogen (secondary N) is 3. The standard InChI is InChI=1S/C16H27N3O2.ClH/c1-11(20)19-16(7-3-2-4-8-16)15(21)18-14-9-12-5-6-13(10-14)17-12;/h12-14,17H,2-10H2,1H3,(H,18,21)(H,19,20);1H. The van der Waals surface area contributed by atoms with Gasteiger partial charge in [0.1, 0.15) is 5.54 Å². The highest BCUT2D eigenvalue weighted by atomic mass is 35.5. The number of rotatable bonds is 3. The minimum absolute atomic E-state index is 0. The molecule has 1 saturated carbocycles. The Balaban J connectivity index is 0.00000176. The molecule has 126 valence electrons. The number of piperidine rings is 1. The van der Waals surface area contributed by atoms with Crippen molar-refractivity contribution in [2.24, 2.45) is 0 Å². The van der Waals surface area contributed by atoms with E-state index >= 15 is 0 Å². The van der Waals surface area contributed by atoms with Crippen molar-refractivity contribution >= 4 is 24.2 Å². The van der Waals surface area contributed by atoms with Crippen LogP contribution >= 0.6 is 12.4 Å². The van der Waals surface area contributed by atoms with Crippen LogP contribution in [0.25, 0.3) is 0 Å². The van der Waals surface area contributed by atoms with Crippen LogP contribution in [0, 0.1) is 0 Å². The maximum atomic E-state index is 12.8. The number of carbonyl (C=O) groups is 2. The summed E-state index contributed by atoms with van der Waals surface area (Å²) >= 11 is 0. The SMILES string of the molecule is CC(=O)NC1(C(=O)NC2CC3CCC(C2)N3)CCCCC1.Cl. The van der Waals surface area contributed by atoms with Gasteiger partial charge in [-0.15, -0.1) is 12.4 Å². The molecule has 5 nitrogen and oxygen atoms in total. The Morgan fingerprint density at radius 1 is 1.05 bits per heavy atom. The number of hydrogen-bond acceptors (Lipinski definition) is 3. The monoisotopic (exact) mass is 329 g/mol. The fourth-order valence-corrected chi connectivity index (χ4v) is 4.40. The molecule has 3 rings (SSSR count). The van der Waals surface area contributed by atoms with Crippen LogP contribution in [-0.2, 0) is 9.59 Å². The second kappa shape index (κ2) is 7.18. The molecule has 6 heteroatoms. The van der Waals surface area contributed by atoms with Gasteiger partial charge in [0, 0.05) is 25.0 Å². The normalized spacial score (nSPS) is 32.7. The molecular formula is C16H28ClN3O2. The van der Waals surface area contributed by atoms with Crippen molar-refractivity contribution < 1.29 is 9.59 Å². The van der Waals surface area contributed by atoms with Crippen LogP contribution in [0.15, 0.2) is 0 Å². The zero-order valence-electron chi connectivity index (χ0n) is 13.3. The van der Waals surface area contributed by atoms with Gasteiger partial charge in [-0.3, -0.25) is 9.59 Å². The van der Waals surface area contributed by atoms with E-state index in [1.165, 1.54) is 19.8 Å². The summed E-state index contributed by atoms with van der Waals surface area (Å²) in [5, 5.41) is 9.79. The Morgan fingerprint density at radius 2 is 1.64 bits per heavy atom. The lowest BCUT2D eigenvalue weighted by atomic mass is 9.80. The quantitative estimate of drug-likeness (QED) is 0.737. The Hall–Kier alpha value is -0.810. The molecule has 2 heterocycles. The first kappa shape index (κ1) is 17.5. The number of halogens is 1. The van der Waals surface area contributed by atoms with Crippen LogP contribution in [-0.4, -0.2) is 35.5 Å². The third kappa shape index (κ3) is 3.74. The van der Waals surface area contributed by atoms with Gasteiger partial charge in [-0.25, -0.2) is 0 Å². The molecule has 0 radical (unpaired) electrons. The van der Waals surface area contributed by atoms with Gasteiger partial charge < -0.3 is 16.0 Å². The van der Waals surface area contributed by atoms with Gasteiger partial charge in [-0.05, 0) is 38.5 Å². The van der Waals surface area contributed by atoms with Gasteiger partial charge in [0.25, 0.3) is 0 Å². The van der Waals surface area contributed by atoms with Gasteiger partial charge in [0.2, 0.25) is 11.8 Å². The largest absolute Gasteiger partial charge is 0.351 e. The van der Waals surface area contributed by atoms with E-state index in [4.69, 9.17) is 0 Å². The summed E-state index contributed by atoms with van der Waals surface area (Å²) in [7, 11) is 0. The minimum Gasteiger partial charge on any atom is -0.351 e. The molecule has 0 spiro atoms. The number of hydrogen-bond donors (Lipinski definition) is 3. The second-order valence-electron chi connectivity index (χ2n) is 7.10. The first-order valence-electron chi connectivity index (χ1n) is 8.43. The predicted molar refractivity (Wildman–Crippen MR) is 88.0 cm³/mol. The highest BCUT2D eigenvalue weighted by Crippen LogP contribution is 2.31. The Bertz CT molecular complexity index is 412. The van der Waals surface area contributed by atoms with E-state index in [9.17, 15) is 9.59 Å². The van der Waals surface area contributed by atoms with Crippen LogP contribution < -0.4 is 16.0 Å². The van der Waals surface area contributed by atoms with E-state index in [1.807, 2.05) is 0 Å². The fraction of sp³-hybridized carbons (Fsp3) is 0.875. The van der Waals surface area contributed by atoms with Crippen LogP contribution in [0.5, 0.6) is 0 Å². The van der Waals surface area contributed by atoms with Crippen molar-refractivity contribution in [3.63, 3.8) is 0 Å². The lowest BCUT2D eigenvalue weighted by Gasteiger charge is -2.39. The smallest absolute Gasteiger partial charge is 0.245 e. The van der Waals surface area contributed by atoms with Crippen molar-refractivity contribution in [2.75, 3.05) is 0 Å². The summed E-state index contributed by atoms with van der Waals surface area (Å²) in [5.41, 5.74) is -0.659. The van der Waals surface area contributed by atoms with Crippen LogP contribution in [0.1, 0.15) is 64.7 Å². The molecule has 3 aliphatic rings. The van der Waals surface area contributed by atoms with Gasteiger partial charge in [-0.2, -0.15) is 0 Å². The summed E-state index contributed by atoms with van der Waals surface area (Å²) in [6.45, 7) is 1.51. The molecule has 2 unspecified atom stereocenters. The lowest BCUT2D eigenvalue weighted by Crippen LogP contribution is -2.62. The molecule has 2 bridgehead atoms. The maximum Gasteiger partial charge on any atom is 0.245 e. The van der Waals surface area contributed by atoms with Crippen molar-refractivity contribution in [1.29, 1.82) is 0 Å². The van der Waals surface area contributed by atoms with Crippen molar-refractivity contribution in [3.8, 4) is 0 Å². The van der Waals surface area contributed by atoms with Crippen LogP contribution in [0.4, 0.5) is 0 Å². The van der Waals surface area contributed by atoms with Crippen molar-refractivity contribution in [3.05, 3.63) is 0 Å². The van der Waals surface area contributed by atoms with E-state index in [2.05, 4.69) is 16.0 Å². The Kier molecular flexibility index (Phi) is 5.72. The van der Waals surface area contributed by atoms with E-state index in [1.54, 1.807) is 0 Å². The third-order valence-corrected chi connectivity index (χ3v) is 5.37. The number of amides is 2. The average Bonchev–Trinajstić information content (AvgIpc) is 2.78. The van der Waals surface area contributed by atoms with Crippen LogP contribution in [0.2, 0.25) is 0 Å². The Labute approximate surface area is 138 Å². The van der Waals surface area contributed by atoms with Gasteiger partial charge in [-0.1, -0.05) is 19.3 Å². The molecule has 2 amide bonds. The zero-order chi connectivity index (χ0) is 14.9. The van der Waals surface area contributed by atoms with E-state index in [-0.39, 0.29) is 30.3 Å². The summed E-state index contributed by atoms with van der Waals surface area (Å²) in [6, 6.07) is 1.40. The third-order valence-electron chi connectivity index (χ3n) is 5.37. The minimum atomic E-state index is -0.659. The molecule has 2 saturated heterocycles. The summed E-state index contributed by atoms with van der Waals surface area (Å²) in [5.74, 6) is -0.0545. The maximum absolute atomic E-state index is 12.8. The summed E-state index contributed by atoms with van der Waals surface area (Å²) < 4.78 is 0. The van der Waals surface area contributed by atoms with E-state index in [0.717, 1.165) is 44.9 Å².